The topological polar surface area (TPSA) is 26.3 Å². The van der Waals surface area contributed by atoms with E-state index in [1.807, 2.05) is 31.2 Å². The number of para-hydroxylation sites is 1. The van der Waals surface area contributed by atoms with Crippen LogP contribution in [0.15, 0.2) is 24.3 Å². The zero-order valence-electron chi connectivity index (χ0n) is 12.2. The summed E-state index contributed by atoms with van der Waals surface area (Å²) in [6.07, 6.45) is 4.29. The van der Waals surface area contributed by atoms with Crippen molar-refractivity contribution in [2.75, 3.05) is 6.61 Å². The van der Waals surface area contributed by atoms with E-state index in [9.17, 15) is 4.79 Å². The van der Waals surface area contributed by atoms with E-state index >= 15 is 0 Å². The van der Waals surface area contributed by atoms with E-state index in [-0.39, 0.29) is 11.7 Å². The van der Waals surface area contributed by atoms with Crippen molar-refractivity contribution in [1.29, 1.82) is 0 Å². The largest absolute Gasteiger partial charge is 0.493 e. The molecule has 1 aliphatic carbocycles. The lowest BCUT2D eigenvalue weighted by Crippen LogP contribution is -2.26. The predicted molar refractivity (Wildman–Crippen MR) is 77.7 cm³/mol. The van der Waals surface area contributed by atoms with Gasteiger partial charge in [-0.1, -0.05) is 26.0 Å². The first-order valence-electron chi connectivity index (χ1n) is 7.29. The van der Waals surface area contributed by atoms with Crippen LogP contribution in [0.4, 0.5) is 0 Å². The first-order chi connectivity index (χ1) is 9.03. The van der Waals surface area contributed by atoms with Crippen LogP contribution >= 0.6 is 0 Å². The van der Waals surface area contributed by atoms with E-state index in [0.717, 1.165) is 37.0 Å². The molecule has 0 radical (unpaired) electrons. The van der Waals surface area contributed by atoms with Crippen molar-refractivity contribution in [1.82, 2.24) is 0 Å². The highest BCUT2D eigenvalue weighted by Gasteiger charge is 2.31. The normalized spacial score (nSPS) is 19.1. The molecule has 0 N–H and O–H groups in total. The average molecular weight is 260 g/mol. The number of ether oxygens (including phenoxy) is 1. The Labute approximate surface area is 116 Å². The van der Waals surface area contributed by atoms with Crippen LogP contribution in [0, 0.1) is 11.3 Å². The van der Waals surface area contributed by atoms with Gasteiger partial charge in [0.25, 0.3) is 0 Å². The Kier molecular flexibility index (Phi) is 4.28. The number of benzene rings is 1. The van der Waals surface area contributed by atoms with Gasteiger partial charge in [0.1, 0.15) is 5.75 Å². The number of carbonyl (C=O) groups is 1. The minimum absolute atomic E-state index is 0.176. The minimum Gasteiger partial charge on any atom is -0.493 e. The van der Waals surface area contributed by atoms with Crippen molar-refractivity contribution >= 4 is 5.78 Å². The average Bonchev–Trinajstić information content (AvgIpc) is 2.39. The molecule has 1 aromatic carbocycles. The van der Waals surface area contributed by atoms with E-state index < -0.39 is 0 Å². The molecule has 1 fully saturated rings. The molecule has 0 unspecified atom stereocenters. The third-order valence-corrected chi connectivity index (χ3v) is 4.16. The number of rotatable bonds is 4. The predicted octanol–water partition coefficient (Wildman–Crippen LogP) is 4.48. The zero-order valence-corrected chi connectivity index (χ0v) is 12.2. The molecule has 0 aromatic heterocycles. The van der Waals surface area contributed by atoms with Crippen LogP contribution in [-0.4, -0.2) is 12.4 Å². The fourth-order valence-corrected chi connectivity index (χ4v) is 2.83. The molecule has 0 bridgehead atoms. The molecule has 0 atom stereocenters. The summed E-state index contributed by atoms with van der Waals surface area (Å²) in [6, 6.07) is 7.63. The van der Waals surface area contributed by atoms with Gasteiger partial charge in [0.2, 0.25) is 0 Å². The van der Waals surface area contributed by atoms with E-state index in [1.54, 1.807) is 0 Å². The summed E-state index contributed by atoms with van der Waals surface area (Å²) in [5.41, 5.74) is 1.16. The van der Waals surface area contributed by atoms with Crippen LogP contribution in [0.2, 0.25) is 0 Å². The molecular weight excluding hydrogens is 236 g/mol. The molecule has 2 rings (SSSR count). The van der Waals surface area contributed by atoms with Gasteiger partial charge in [-0.15, -0.1) is 0 Å². The fraction of sp³-hybridized carbons (Fsp3) is 0.588. The Morgan fingerprint density at radius 2 is 1.89 bits per heavy atom. The Bertz CT molecular complexity index is 438. The van der Waals surface area contributed by atoms with Gasteiger partial charge in [-0.3, -0.25) is 4.79 Å². The second kappa shape index (κ2) is 5.77. The number of hydrogen-bond donors (Lipinski definition) is 0. The molecular formula is C17H24O2. The van der Waals surface area contributed by atoms with Crippen LogP contribution in [0.1, 0.15) is 56.8 Å². The molecule has 104 valence electrons. The molecule has 1 aromatic rings. The molecule has 0 amide bonds. The quantitative estimate of drug-likeness (QED) is 0.746. The highest BCUT2D eigenvalue weighted by molar-refractivity contribution is 6.00. The fourth-order valence-electron chi connectivity index (χ4n) is 2.83. The van der Waals surface area contributed by atoms with Gasteiger partial charge < -0.3 is 4.74 Å². The summed E-state index contributed by atoms with van der Waals surface area (Å²) < 4.78 is 5.57. The first kappa shape index (κ1) is 14.1. The second-order valence-electron chi connectivity index (χ2n) is 6.23. The molecule has 0 saturated heterocycles. The van der Waals surface area contributed by atoms with Crippen molar-refractivity contribution in [2.24, 2.45) is 11.3 Å². The lowest BCUT2D eigenvalue weighted by Gasteiger charge is -2.33. The number of carbonyl (C=O) groups excluding carboxylic acids is 1. The maximum atomic E-state index is 12.6. The van der Waals surface area contributed by atoms with Gasteiger partial charge in [-0.05, 0) is 50.2 Å². The molecule has 1 aliphatic rings. The smallest absolute Gasteiger partial charge is 0.169 e. The van der Waals surface area contributed by atoms with Gasteiger partial charge >= 0.3 is 0 Å². The van der Waals surface area contributed by atoms with Crippen LogP contribution in [0.25, 0.3) is 0 Å². The Morgan fingerprint density at radius 3 is 2.53 bits per heavy atom. The monoisotopic (exact) mass is 260 g/mol. The van der Waals surface area contributed by atoms with Gasteiger partial charge in [0, 0.05) is 5.92 Å². The van der Waals surface area contributed by atoms with Crippen molar-refractivity contribution < 1.29 is 9.53 Å². The van der Waals surface area contributed by atoms with Crippen molar-refractivity contribution in [3.05, 3.63) is 29.8 Å². The first-order valence-corrected chi connectivity index (χ1v) is 7.29. The summed E-state index contributed by atoms with van der Waals surface area (Å²) >= 11 is 0. The van der Waals surface area contributed by atoms with Crippen LogP contribution in [0.5, 0.6) is 5.75 Å². The minimum atomic E-state index is 0.176. The number of ketones is 1. The maximum absolute atomic E-state index is 12.6. The Balaban J connectivity index is 2.12. The Morgan fingerprint density at radius 1 is 1.26 bits per heavy atom. The van der Waals surface area contributed by atoms with Crippen molar-refractivity contribution in [3.8, 4) is 5.75 Å². The van der Waals surface area contributed by atoms with E-state index in [1.165, 1.54) is 0 Å². The van der Waals surface area contributed by atoms with Crippen molar-refractivity contribution in [2.45, 2.75) is 46.5 Å². The summed E-state index contributed by atoms with van der Waals surface area (Å²) in [5.74, 6) is 1.18. The molecule has 2 nitrogen and oxygen atoms in total. The van der Waals surface area contributed by atoms with E-state index in [2.05, 4.69) is 13.8 Å². The zero-order chi connectivity index (χ0) is 13.9. The summed E-state index contributed by atoms with van der Waals surface area (Å²) in [5, 5.41) is 0. The van der Waals surface area contributed by atoms with Crippen LogP contribution in [0.3, 0.4) is 0 Å². The SMILES string of the molecule is CCOc1ccccc1C(=O)C1CCC(C)(C)CC1. The molecule has 0 spiro atoms. The molecule has 2 heteroatoms. The van der Waals surface area contributed by atoms with Gasteiger partial charge in [-0.25, -0.2) is 0 Å². The van der Waals surface area contributed by atoms with Gasteiger partial charge in [-0.2, -0.15) is 0 Å². The highest BCUT2D eigenvalue weighted by Crippen LogP contribution is 2.39. The second-order valence-corrected chi connectivity index (χ2v) is 6.23. The lowest BCUT2D eigenvalue weighted by atomic mass is 9.71. The van der Waals surface area contributed by atoms with Gasteiger partial charge in [0.05, 0.1) is 12.2 Å². The standard InChI is InChI=1S/C17H24O2/c1-4-19-15-8-6-5-7-14(15)16(18)13-9-11-17(2,3)12-10-13/h5-8,13H,4,9-12H2,1-3H3. The third-order valence-electron chi connectivity index (χ3n) is 4.16. The number of hydrogen-bond acceptors (Lipinski definition) is 2. The van der Waals surface area contributed by atoms with Crippen LogP contribution in [-0.2, 0) is 0 Å². The summed E-state index contributed by atoms with van der Waals surface area (Å²) in [7, 11) is 0. The lowest BCUT2D eigenvalue weighted by molar-refractivity contribution is 0.0834. The molecule has 0 heterocycles. The summed E-state index contributed by atoms with van der Waals surface area (Å²) in [6.45, 7) is 7.13. The summed E-state index contributed by atoms with van der Waals surface area (Å²) in [4.78, 5) is 12.6. The van der Waals surface area contributed by atoms with Gasteiger partial charge in [0.15, 0.2) is 5.78 Å². The number of Topliss-reactive ketones (excluding diaryl/α,β-unsaturated/α-hetero) is 1. The third kappa shape index (κ3) is 3.37. The molecule has 1 saturated carbocycles. The van der Waals surface area contributed by atoms with E-state index in [4.69, 9.17) is 4.74 Å². The molecule has 19 heavy (non-hydrogen) atoms. The van der Waals surface area contributed by atoms with Crippen molar-refractivity contribution in [3.63, 3.8) is 0 Å². The Hall–Kier alpha value is -1.31. The van der Waals surface area contributed by atoms with Crippen LogP contribution < -0.4 is 4.74 Å². The van der Waals surface area contributed by atoms with E-state index in [0.29, 0.717) is 12.0 Å². The maximum Gasteiger partial charge on any atom is 0.169 e. The molecule has 0 aliphatic heterocycles. The highest BCUT2D eigenvalue weighted by atomic mass is 16.5.